The molecule has 1 amide bonds. The summed E-state index contributed by atoms with van der Waals surface area (Å²) in [7, 11) is 1.66. The molecule has 0 aliphatic carbocycles. The van der Waals surface area contributed by atoms with Crippen LogP contribution < -0.4 is 20.7 Å². The van der Waals surface area contributed by atoms with Gasteiger partial charge in [0.25, 0.3) is 0 Å². The number of amides is 1. The zero-order valence-electron chi connectivity index (χ0n) is 17.6. The van der Waals surface area contributed by atoms with Crippen molar-refractivity contribution in [3.63, 3.8) is 0 Å². The molecule has 0 aliphatic rings. The van der Waals surface area contributed by atoms with Gasteiger partial charge in [0, 0.05) is 32.0 Å². The molecule has 1 aromatic carbocycles. The molecule has 1 aromatic heterocycles. The van der Waals surface area contributed by atoms with Crippen molar-refractivity contribution in [2.24, 2.45) is 4.99 Å². The lowest BCUT2D eigenvalue weighted by molar-refractivity contribution is -0.115. The highest BCUT2D eigenvalue weighted by Gasteiger charge is 2.08. The standard InChI is InChI=1S/C21H29N5O3.HI/c1-4-28-10-11-29-19-12-16(2)7-8-17(19)13-24-21(22-3)25-15-20(27)26-18-6-5-9-23-14-18;/h5-9,12,14H,4,10-11,13,15H2,1-3H3,(H,26,27)(H2,22,24,25);1H. The Morgan fingerprint density at radius 2 is 2.03 bits per heavy atom. The van der Waals surface area contributed by atoms with E-state index in [-0.39, 0.29) is 36.4 Å². The van der Waals surface area contributed by atoms with Crippen LogP contribution in [0.15, 0.2) is 47.7 Å². The number of hydrogen-bond donors (Lipinski definition) is 3. The summed E-state index contributed by atoms with van der Waals surface area (Å²) in [5.41, 5.74) is 2.76. The van der Waals surface area contributed by atoms with Crippen LogP contribution in [0.4, 0.5) is 5.69 Å². The third-order valence-electron chi connectivity index (χ3n) is 3.94. The summed E-state index contributed by atoms with van der Waals surface area (Å²) >= 11 is 0. The molecule has 3 N–H and O–H groups in total. The maximum atomic E-state index is 12.1. The molecule has 164 valence electrons. The van der Waals surface area contributed by atoms with Crippen molar-refractivity contribution in [2.75, 3.05) is 38.7 Å². The number of benzene rings is 1. The molecule has 0 spiro atoms. The van der Waals surface area contributed by atoms with E-state index >= 15 is 0 Å². The van der Waals surface area contributed by atoms with Crippen LogP contribution in [0.1, 0.15) is 18.1 Å². The molecular weight excluding hydrogens is 497 g/mol. The molecule has 9 heteroatoms. The van der Waals surface area contributed by atoms with Gasteiger partial charge in [0.15, 0.2) is 5.96 Å². The van der Waals surface area contributed by atoms with Gasteiger partial charge in [-0.15, -0.1) is 24.0 Å². The van der Waals surface area contributed by atoms with Gasteiger partial charge < -0.3 is 25.4 Å². The van der Waals surface area contributed by atoms with Gasteiger partial charge in [0.1, 0.15) is 12.4 Å². The Kier molecular flexibility index (Phi) is 12.4. The van der Waals surface area contributed by atoms with Crippen LogP contribution in [0.25, 0.3) is 0 Å². The Labute approximate surface area is 194 Å². The lowest BCUT2D eigenvalue weighted by atomic mass is 10.1. The average molecular weight is 527 g/mol. The summed E-state index contributed by atoms with van der Waals surface area (Å²) in [5, 5.41) is 8.96. The van der Waals surface area contributed by atoms with E-state index < -0.39 is 0 Å². The number of aromatic nitrogens is 1. The van der Waals surface area contributed by atoms with Crippen molar-refractivity contribution >= 4 is 41.5 Å². The fourth-order valence-corrected chi connectivity index (χ4v) is 2.50. The van der Waals surface area contributed by atoms with Gasteiger partial charge in [-0.3, -0.25) is 14.8 Å². The van der Waals surface area contributed by atoms with E-state index in [1.54, 1.807) is 31.6 Å². The summed E-state index contributed by atoms with van der Waals surface area (Å²) in [6, 6.07) is 9.59. The van der Waals surface area contributed by atoms with Crippen molar-refractivity contribution in [1.82, 2.24) is 15.6 Å². The second kappa shape index (κ2) is 14.6. The highest BCUT2D eigenvalue weighted by molar-refractivity contribution is 14.0. The first kappa shape index (κ1) is 25.6. The zero-order valence-corrected chi connectivity index (χ0v) is 19.9. The molecule has 0 radical (unpaired) electrons. The van der Waals surface area contributed by atoms with Gasteiger partial charge in [-0.05, 0) is 37.6 Å². The maximum absolute atomic E-state index is 12.1. The van der Waals surface area contributed by atoms with Gasteiger partial charge in [0.2, 0.25) is 5.91 Å². The third-order valence-corrected chi connectivity index (χ3v) is 3.94. The molecule has 0 unspecified atom stereocenters. The van der Waals surface area contributed by atoms with Crippen molar-refractivity contribution in [1.29, 1.82) is 0 Å². The molecule has 2 aromatic rings. The van der Waals surface area contributed by atoms with Gasteiger partial charge in [-0.2, -0.15) is 0 Å². The van der Waals surface area contributed by atoms with Crippen molar-refractivity contribution in [3.8, 4) is 5.75 Å². The number of aliphatic imine (C=N–C) groups is 1. The topological polar surface area (TPSA) is 96.9 Å². The van der Waals surface area contributed by atoms with Crippen LogP contribution in [-0.2, 0) is 16.1 Å². The molecule has 0 aliphatic heterocycles. The minimum Gasteiger partial charge on any atom is -0.491 e. The first-order chi connectivity index (χ1) is 14.1. The monoisotopic (exact) mass is 527 g/mol. The smallest absolute Gasteiger partial charge is 0.243 e. The fraction of sp³-hybridized carbons (Fsp3) is 0.381. The maximum Gasteiger partial charge on any atom is 0.243 e. The van der Waals surface area contributed by atoms with Crippen LogP contribution >= 0.6 is 24.0 Å². The predicted octanol–water partition coefficient (Wildman–Crippen LogP) is 2.73. The number of nitrogens with zero attached hydrogens (tertiary/aromatic N) is 2. The van der Waals surface area contributed by atoms with E-state index in [1.165, 1.54) is 0 Å². The van der Waals surface area contributed by atoms with Crippen LogP contribution in [0.3, 0.4) is 0 Å². The molecule has 0 fully saturated rings. The normalized spacial score (nSPS) is 10.7. The highest BCUT2D eigenvalue weighted by Crippen LogP contribution is 2.20. The summed E-state index contributed by atoms with van der Waals surface area (Å²) < 4.78 is 11.2. The van der Waals surface area contributed by atoms with Crippen LogP contribution in [-0.4, -0.2) is 50.3 Å². The summed E-state index contributed by atoms with van der Waals surface area (Å²) in [6.07, 6.45) is 3.25. The van der Waals surface area contributed by atoms with Crippen molar-refractivity contribution in [2.45, 2.75) is 20.4 Å². The number of pyridine rings is 1. The molecular formula is C21H30IN5O3. The molecule has 0 atom stereocenters. The van der Waals surface area contributed by atoms with Crippen molar-refractivity contribution < 1.29 is 14.3 Å². The van der Waals surface area contributed by atoms with Gasteiger partial charge in [-0.25, -0.2) is 0 Å². The number of aryl methyl sites for hydroxylation is 1. The van der Waals surface area contributed by atoms with Gasteiger partial charge >= 0.3 is 0 Å². The minimum atomic E-state index is -0.184. The number of rotatable bonds is 10. The molecule has 2 rings (SSSR count). The summed E-state index contributed by atoms with van der Waals surface area (Å²) in [5.74, 6) is 1.14. The zero-order chi connectivity index (χ0) is 20.9. The van der Waals surface area contributed by atoms with E-state index in [9.17, 15) is 4.79 Å². The number of guanidine groups is 1. The predicted molar refractivity (Wildman–Crippen MR) is 130 cm³/mol. The molecule has 1 heterocycles. The number of halogens is 1. The number of carbonyl (C=O) groups excluding carboxylic acids is 1. The molecule has 0 saturated carbocycles. The first-order valence-corrected chi connectivity index (χ1v) is 9.56. The van der Waals surface area contributed by atoms with E-state index in [4.69, 9.17) is 9.47 Å². The quantitative estimate of drug-likeness (QED) is 0.190. The minimum absolute atomic E-state index is 0. The van der Waals surface area contributed by atoms with E-state index in [0.29, 0.717) is 38.0 Å². The average Bonchev–Trinajstić information content (AvgIpc) is 2.73. The number of anilines is 1. The number of ether oxygens (including phenoxy) is 2. The molecule has 0 bridgehead atoms. The number of carbonyl (C=O) groups is 1. The second-order valence-electron chi connectivity index (χ2n) is 6.23. The van der Waals surface area contributed by atoms with Crippen LogP contribution in [0.5, 0.6) is 5.75 Å². The fourth-order valence-electron chi connectivity index (χ4n) is 2.50. The summed E-state index contributed by atoms with van der Waals surface area (Å²) in [6.45, 7) is 6.28. The molecule has 30 heavy (non-hydrogen) atoms. The molecule has 8 nitrogen and oxygen atoms in total. The first-order valence-electron chi connectivity index (χ1n) is 9.56. The Morgan fingerprint density at radius 3 is 2.73 bits per heavy atom. The third kappa shape index (κ3) is 9.40. The number of hydrogen-bond acceptors (Lipinski definition) is 5. The van der Waals surface area contributed by atoms with E-state index in [2.05, 4.69) is 25.9 Å². The van der Waals surface area contributed by atoms with Gasteiger partial charge in [-0.1, -0.05) is 12.1 Å². The highest BCUT2D eigenvalue weighted by atomic mass is 127. The number of nitrogens with one attached hydrogen (secondary N) is 3. The Balaban J connectivity index is 0.00000450. The summed E-state index contributed by atoms with van der Waals surface area (Å²) in [4.78, 5) is 20.2. The lowest BCUT2D eigenvalue weighted by Crippen LogP contribution is -2.41. The van der Waals surface area contributed by atoms with Crippen LogP contribution in [0.2, 0.25) is 0 Å². The Hall–Kier alpha value is -2.40. The van der Waals surface area contributed by atoms with E-state index in [0.717, 1.165) is 16.9 Å². The van der Waals surface area contributed by atoms with Gasteiger partial charge in [0.05, 0.1) is 25.0 Å². The largest absolute Gasteiger partial charge is 0.491 e. The van der Waals surface area contributed by atoms with E-state index in [1.807, 2.05) is 32.0 Å². The second-order valence-corrected chi connectivity index (χ2v) is 6.23. The Morgan fingerprint density at radius 1 is 1.20 bits per heavy atom. The SMILES string of the molecule is CCOCCOc1cc(C)ccc1CNC(=NC)NCC(=O)Nc1cccnc1.I. The molecule has 0 saturated heterocycles. The Bertz CT molecular complexity index is 802. The van der Waals surface area contributed by atoms with Crippen molar-refractivity contribution in [3.05, 3.63) is 53.9 Å². The lowest BCUT2D eigenvalue weighted by Gasteiger charge is -2.15. The van der Waals surface area contributed by atoms with Crippen LogP contribution in [0, 0.1) is 6.92 Å².